The Morgan fingerprint density at radius 2 is 1.96 bits per heavy atom. The molecule has 9 heteroatoms. The highest BCUT2D eigenvalue weighted by Crippen LogP contribution is 2.41. The highest BCUT2D eigenvalue weighted by atomic mass is 79.9. The van der Waals surface area contributed by atoms with Gasteiger partial charge in [-0.2, -0.15) is 0 Å². The lowest BCUT2D eigenvalue weighted by atomic mass is 9.98. The summed E-state index contributed by atoms with van der Waals surface area (Å²) in [6.45, 7) is 5.97. The lowest BCUT2D eigenvalue weighted by molar-refractivity contribution is -0.382. The van der Waals surface area contributed by atoms with Crippen molar-refractivity contribution in [2.24, 2.45) is 5.92 Å². The Labute approximate surface area is 170 Å². The van der Waals surface area contributed by atoms with Crippen molar-refractivity contribution < 1.29 is 9.55 Å². The summed E-state index contributed by atoms with van der Waals surface area (Å²) in [6.07, 6.45) is 2.13. The molecule has 2 heterocycles. The molecule has 28 heavy (non-hydrogen) atoms. The molecule has 1 N–H and O–H groups in total. The molecule has 0 spiro atoms. The van der Waals surface area contributed by atoms with Gasteiger partial charge in [0.25, 0.3) is 0 Å². The Bertz CT molecular complexity index is 1040. The third kappa shape index (κ3) is 3.42. The molecule has 1 fully saturated rings. The molecule has 0 aliphatic carbocycles. The van der Waals surface area contributed by atoms with Crippen LogP contribution in [-0.4, -0.2) is 28.3 Å². The number of piperidine rings is 1. The monoisotopic (exact) mass is 445 g/mol. The number of aromatic nitrogens is 2. The molecule has 8 nitrogen and oxygen atoms in total. The smallest absolute Gasteiger partial charge is 0.324 e. The minimum Gasteiger partial charge on any atom is -0.370 e. The standard InChI is InChI=1S/C19H20BrN5O3/c1-11-5-7-24(8-6-11)16-10-15(21-13-4-3-12(2)14(20)9-13)19(25(26)27)18-17(16)22-28-23-18/h3-4,9-11,21H,5-8H2,1-2H3. The molecule has 1 saturated heterocycles. The third-order valence-electron chi connectivity index (χ3n) is 5.25. The van der Waals surface area contributed by atoms with Crippen molar-refractivity contribution >= 4 is 49.7 Å². The van der Waals surface area contributed by atoms with Crippen LogP contribution in [0.1, 0.15) is 25.3 Å². The molecular formula is C19H20BrN5O3. The van der Waals surface area contributed by atoms with Gasteiger partial charge < -0.3 is 10.2 Å². The number of hydrogen-bond donors (Lipinski definition) is 1. The Morgan fingerprint density at radius 3 is 2.64 bits per heavy atom. The van der Waals surface area contributed by atoms with Gasteiger partial charge in [-0.05, 0) is 59.8 Å². The normalized spacial score (nSPS) is 15.2. The molecule has 146 valence electrons. The quantitative estimate of drug-likeness (QED) is 0.436. The zero-order valence-electron chi connectivity index (χ0n) is 15.6. The Hall–Kier alpha value is -2.68. The third-order valence-corrected chi connectivity index (χ3v) is 6.10. The van der Waals surface area contributed by atoms with E-state index in [1.165, 1.54) is 0 Å². The summed E-state index contributed by atoms with van der Waals surface area (Å²) in [4.78, 5) is 13.6. The molecular weight excluding hydrogens is 426 g/mol. The van der Waals surface area contributed by atoms with Gasteiger partial charge in [0.05, 0.1) is 10.6 Å². The summed E-state index contributed by atoms with van der Waals surface area (Å²) in [5.41, 5.74) is 3.46. The maximum Gasteiger partial charge on any atom is 0.324 e. The maximum absolute atomic E-state index is 11.8. The van der Waals surface area contributed by atoms with Crippen molar-refractivity contribution in [3.8, 4) is 0 Å². The van der Waals surface area contributed by atoms with Crippen LogP contribution in [0.3, 0.4) is 0 Å². The number of benzene rings is 2. The molecule has 1 aliphatic rings. The molecule has 2 aromatic carbocycles. The van der Waals surface area contributed by atoms with Crippen molar-refractivity contribution in [3.63, 3.8) is 0 Å². The second-order valence-electron chi connectivity index (χ2n) is 7.27. The zero-order chi connectivity index (χ0) is 19.8. The summed E-state index contributed by atoms with van der Waals surface area (Å²) in [6, 6.07) is 7.51. The molecule has 3 aromatic rings. The minimum atomic E-state index is -0.444. The number of nitro groups is 1. The van der Waals surface area contributed by atoms with Gasteiger partial charge in [-0.1, -0.05) is 28.9 Å². The van der Waals surface area contributed by atoms with Crippen molar-refractivity contribution in [3.05, 3.63) is 44.4 Å². The van der Waals surface area contributed by atoms with E-state index in [0.717, 1.165) is 47.3 Å². The van der Waals surface area contributed by atoms with Crippen LogP contribution in [0.25, 0.3) is 11.0 Å². The fourth-order valence-corrected chi connectivity index (χ4v) is 3.89. The molecule has 1 aromatic heterocycles. The Morgan fingerprint density at radius 1 is 1.25 bits per heavy atom. The first-order chi connectivity index (χ1) is 13.4. The fourth-order valence-electron chi connectivity index (χ4n) is 3.51. The first kappa shape index (κ1) is 18.7. The van der Waals surface area contributed by atoms with Gasteiger partial charge in [-0.25, -0.2) is 4.63 Å². The van der Waals surface area contributed by atoms with Crippen LogP contribution in [0.5, 0.6) is 0 Å². The summed E-state index contributed by atoms with van der Waals surface area (Å²) in [5.74, 6) is 0.669. The topological polar surface area (TPSA) is 97.3 Å². The van der Waals surface area contributed by atoms with Crippen LogP contribution >= 0.6 is 15.9 Å². The SMILES string of the molecule is Cc1ccc(Nc2cc(N3CCC(C)CC3)c3nonc3c2[N+](=O)[O-])cc1Br. The lowest BCUT2D eigenvalue weighted by Crippen LogP contribution is -2.33. The molecule has 4 rings (SSSR count). The van der Waals surface area contributed by atoms with E-state index in [2.05, 4.69) is 43.4 Å². The van der Waals surface area contributed by atoms with Crippen molar-refractivity contribution in [1.82, 2.24) is 10.3 Å². The number of aryl methyl sites for hydroxylation is 1. The molecule has 0 radical (unpaired) electrons. The Balaban J connectivity index is 1.82. The van der Waals surface area contributed by atoms with Crippen LogP contribution in [0.2, 0.25) is 0 Å². The van der Waals surface area contributed by atoms with E-state index in [-0.39, 0.29) is 11.2 Å². The summed E-state index contributed by atoms with van der Waals surface area (Å²) in [5, 5.41) is 22.8. The van der Waals surface area contributed by atoms with E-state index in [9.17, 15) is 10.1 Å². The number of rotatable bonds is 4. The van der Waals surface area contributed by atoms with Gasteiger partial charge >= 0.3 is 5.69 Å². The Kier molecular flexibility index (Phi) is 4.92. The zero-order valence-corrected chi connectivity index (χ0v) is 17.2. The van der Waals surface area contributed by atoms with Crippen LogP contribution < -0.4 is 10.2 Å². The number of nitro benzene ring substituents is 1. The highest BCUT2D eigenvalue weighted by molar-refractivity contribution is 9.10. The molecule has 1 aliphatic heterocycles. The first-order valence-electron chi connectivity index (χ1n) is 9.16. The molecule has 0 bridgehead atoms. The van der Waals surface area contributed by atoms with Gasteiger partial charge in [-0.15, -0.1) is 0 Å². The van der Waals surface area contributed by atoms with Gasteiger partial charge in [0.1, 0.15) is 5.69 Å². The number of anilines is 3. The lowest BCUT2D eigenvalue weighted by Gasteiger charge is -2.32. The molecule has 0 unspecified atom stereocenters. The fraction of sp³-hybridized carbons (Fsp3) is 0.368. The van der Waals surface area contributed by atoms with Crippen LogP contribution in [0.4, 0.5) is 22.7 Å². The largest absolute Gasteiger partial charge is 0.370 e. The van der Waals surface area contributed by atoms with E-state index in [1.54, 1.807) is 6.07 Å². The summed E-state index contributed by atoms with van der Waals surface area (Å²) < 4.78 is 5.81. The van der Waals surface area contributed by atoms with E-state index < -0.39 is 4.92 Å². The van der Waals surface area contributed by atoms with Crippen molar-refractivity contribution in [2.45, 2.75) is 26.7 Å². The summed E-state index contributed by atoms with van der Waals surface area (Å²) in [7, 11) is 0. The van der Waals surface area contributed by atoms with Crippen LogP contribution in [-0.2, 0) is 0 Å². The maximum atomic E-state index is 11.8. The number of halogens is 1. The minimum absolute atomic E-state index is 0.137. The van der Waals surface area contributed by atoms with E-state index in [1.807, 2.05) is 25.1 Å². The first-order valence-corrected chi connectivity index (χ1v) is 9.95. The van der Waals surface area contributed by atoms with E-state index in [4.69, 9.17) is 4.63 Å². The number of nitrogens with one attached hydrogen (secondary N) is 1. The predicted molar refractivity (Wildman–Crippen MR) is 111 cm³/mol. The average Bonchev–Trinajstić information content (AvgIpc) is 3.14. The molecule has 0 saturated carbocycles. The van der Waals surface area contributed by atoms with Crippen LogP contribution in [0, 0.1) is 23.0 Å². The van der Waals surface area contributed by atoms with E-state index >= 15 is 0 Å². The van der Waals surface area contributed by atoms with Gasteiger partial charge in [0.15, 0.2) is 5.52 Å². The van der Waals surface area contributed by atoms with Gasteiger partial charge in [-0.3, -0.25) is 10.1 Å². The van der Waals surface area contributed by atoms with Gasteiger partial charge in [0, 0.05) is 23.2 Å². The number of nitrogens with zero attached hydrogens (tertiary/aromatic N) is 4. The second-order valence-corrected chi connectivity index (χ2v) is 8.12. The molecule has 0 atom stereocenters. The highest BCUT2D eigenvalue weighted by Gasteiger charge is 2.29. The number of hydrogen-bond acceptors (Lipinski definition) is 7. The second kappa shape index (κ2) is 7.38. The predicted octanol–water partition coefficient (Wildman–Crippen LogP) is 5.18. The van der Waals surface area contributed by atoms with Gasteiger partial charge in [0.2, 0.25) is 5.52 Å². The number of fused-ring (bicyclic) bond motifs is 1. The van der Waals surface area contributed by atoms with Crippen LogP contribution in [0.15, 0.2) is 33.4 Å². The summed E-state index contributed by atoms with van der Waals surface area (Å²) >= 11 is 3.50. The van der Waals surface area contributed by atoms with Crippen molar-refractivity contribution in [2.75, 3.05) is 23.3 Å². The van der Waals surface area contributed by atoms with E-state index in [0.29, 0.717) is 17.1 Å². The average molecular weight is 446 g/mol. The molecule has 0 amide bonds. The van der Waals surface area contributed by atoms with Crippen molar-refractivity contribution in [1.29, 1.82) is 0 Å².